The van der Waals surface area contributed by atoms with Gasteiger partial charge < -0.3 is 54.1 Å². The maximum Gasteiger partial charge on any atom is 0.335 e. The molecule has 0 radical (unpaired) electrons. The molecule has 0 aliphatic carbocycles. The monoisotopic (exact) mass is 1010 g/mol. The minimum Gasteiger partial charge on any atom is -0.478 e. The van der Waals surface area contributed by atoms with Crippen molar-refractivity contribution >= 4 is 112 Å². The van der Waals surface area contributed by atoms with Crippen LogP contribution in [-0.2, 0) is 0 Å². The van der Waals surface area contributed by atoms with Crippen LogP contribution in [0, 0.1) is 0 Å². The quantitative estimate of drug-likeness (QED) is 0.0674. The van der Waals surface area contributed by atoms with Crippen LogP contribution in [0.3, 0.4) is 0 Å². The second-order valence-corrected chi connectivity index (χ2v) is 17.4. The third-order valence-corrected chi connectivity index (χ3v) is 11.8. The van der Waals surface area contributed by atoms with Gasteiger partial charge >= 0.3 is 5.97 Å². The van der Waals surface area contributed by atoms with E-state index >= 15 is 0 Å². The largest absolute Gasteiger partial charge is 0.478 e. The molecule has 0 bridgehead atoms. The Bertz CT molecular complexity index is 3450. The van der Waals surface area contributed by atoms with Crippen molar-refractivity contribution in [3.05, 3.63) is 246 Å². The Hall–Kier alpha value is -10.5. The number of anilines is 8. The number of para-hydroxylation sites is 1. The van der Waals surface area contributed by atoms with Crippen molar-refractivity contribution < 1.29 is 28.7 Å². The number of hydrogen-bond acceptors (Lipinski definition) is 12. The number of furan rings is 1. The molecule has 8 aromatic carbocycles. The molecule has 0 fully saturated rings. The molecule has 11 rings (SSSR count). The number of amides is 3. The average molecular weight is 1010 g/mol. The number of hydrogen-bond donors (Lipinski definition) is 9. The number of nitrogens with two attached hydrogens (primary N) is 5. The highest BCUT2D eigenvalue weighted by atomic mass is 32.1. The van der Waals surface area contributed by atoms with E-state index in [1.54, 1.807) is 140 Å². The van der Waals surface area contributed by atoms with Crippen LogP contribution in [0.25, 0.3) is 31.8 Å². The van der Waals surface area contributed by atoms with E-state index < -0.39 is 5.97 Å². The Morgan fingerprint density at radius 3 is 1.36 bits per heavy atom. The lowest BCUT2D eigenvalue weighted by Gasteiger charge is -2.04. The molecule has 0 spiro atoms. The van der Waals surface area contributed by atoms with Gasteiger partial charge in [-0.25, -0.2) is 4.79 Å². The minimum absolute atomic E-state index is 0.0917. The molecular weight excluding hydrogens is 963 g/mol. The number of benzene rings is 8. The molecule has 14 N–H and O–H groups in total. The number of carbonyl (C=O) groups is 4. The van der Waals surface area contributed by atoms with Gasteiger partial charge in [0.2, 0.25) is 0 Å². The van der Waals surface area contributed by atoms with Crippen LogP contribution in [0.2, 0.25) is 0 Å². The van der Waals surface area contributed by atoms with E-state index in [0.29, 0.717) is 44.3 Å². The molecule has 0 saturated carbocycles. The van der Waals surface area contributed by atoms with E-state index in [2.05, 4.69) is 20.9 Å². The lowest BCUT2D eigenvalue weighted by atomic mass is 10.1. The molecule has 0 aliphatic heterocycles. The summed E-state index contributed by atoms with van der Waals surface area (Å²) in [6.45, 7) is 0. The van der Waals surface area contributed by atoms with E-state index in [-0.39, 0.29) is 23.5 Å². The van der Waals surface area contributed by atoms with Crippen molar-refractivity contribution in [2.75, 3.05) is 44.6 Å². The summed E-state index contributed by atoms with van der Waals surface area (Å²) in [7, 11) is 0. The van der Waals surface area contributed by atoms with Gasteiger partial charge in [-0.15, -0.1) is 11.3 Å². The highest BCUT2D eigenvalue weighted by Gasteiger charge is 2.13. The number of nitrogens with one attached hydrogen (secondary N) is 3. The number of carbonyl (C=O) groups excluding carboxylic acids is 3. The van der Waals surface area contributed by atoms with Gasteiger partial charge in [0.1, 0.15) is 5.58 Å². The first-order valence-electron chi connectivity index (χ1n) is 23.0. The first-order chi connectivity index (χ1) is 36.3. The van der Waals surface area contributed by atoms with Crippen molar-refractivity contribution in [3.63, 3.8) is 0 Å². The summed E-state index contributed by atoms with van der Waals surface area (Å²) in [6.07, 6.45) is 3.16. The van der Waals surface area contributed by atoms with Gasteiger partial charge in [-0.05, 0) is 162 Å². The normalized spacial score (nSPS) is 10.1. The maximum absolute atomic E-state index is 12.1. The summed E-state index contributed by atoms with van der Waals surface area (Å²) in [4.78, 5) is 51.1. The zero-order valence-electron chi connectivity index (χ0n) is 40.1. The molecule has 3 heterocycles. The van der Waals surface area contributed by atoms with Crippen LogP contribution in [0.1, 0.15) is 40.9 Å². The highest BCUT2D eigenvalue weighted by Crippen LogP contribution is 2.26. The van der Waals surface area contributed by atoms with Gasteiger partial charge in [-0.1, -0.05) is 66.7 Å². The summed E-state index contributed by atoms with van der Waals surface area (Å²) in [5.74, 6) is -1.12. The fourth-order valence-corrected chi connectivity index (χ4v) is 7.76. The Kier molecular flexibility index (Phi) is 17.9. The molecule has 3 aromatic heterocycles. The first-order valence-corrected chi connectivity index (χ1v) is 23.8. The summed E-state index contributed by atoms with van der Waals surface area (Å²) in [5, 5.41) is 21.2. The van der Waals surface area contributed by atoms with E-state index in [4.69, 9.17) is 38.2 Å². The van der Waals surface area contributed by atoms with Crippen molar-refractivity contribution in [2.45, 2.75) is 0 Å². The Balaban J connectivity index is 0.000000140. The van der Waals surface area contributed by atoms with Crippen LogP contribution in [0.5, 0.6) is 0 Å². The standard InChI is InChI=1S/C15H12N2O2.C15H12N2OS.C12H11N3O.C11H8O2.C6H8N2/c2*16-11-5-7-12(8-6-11)17-15(18)14-9-10-3-1-2-4-13(10)19-14;13-10-1-3-11(4-2-10)15-12(16)9-5-7-14-8-6-9;12-11(13)10-6-5-8-3-1-2-4-9(8)7-10;7-5-1-2-6(8)4-3-5/h2*1-9H,16H2,(H,17,18);1-8H,13H2,(H,15,16);1-7H,(H,12,13);1-4H,7-8H2. The third-order valence-electron chi connectivity index (χ3n) is 10.7. The van der Waals surface area contributed by atoms with Crippen molar-refractivity contribution in [2.24, 2.45) is 0 Å². The molecule has 0 atom stereocenters. The molecule has 0 aliphatic rings. The number of fused-ring (bicyclic) bond motifs is 3. The smallest absolute Gasteiger partial charge is 0.335 e. The molecule has 75 heavy (non-hydrogen) atoms. The minimum atomic E-state index is -0.884. The summed E-state index contributed by atoms with van der Waals surface area (Å²) in [5.41, 5.74) is 34.7. The van der Waals surface area contributed by atoms with Gasteiger partial charge in [0.05, 0.1) is 10.4 Å². The van der Waals surface area contributed by atoms with Gasteiger partial charge in [-0.3, -0.25) is 19.4 Å². The average Bonchev–Trinajstić information content (AvgIpc) is 4.08. The number of carboxylic acids is 1. The first kappa shape index (κ1) is 52.4. The fourth-order valence-electron chi connectivity index (χ4n) is 6.80. The predicted molar refractivity (Wildman–Crippen MR) is 305 cm³/mol. The van der Waals surface area contributed by atoms with Crippen molar-refractivity contribution in [3.8, 4) is 0 Å². The number of rotatable bonds is 7. The maximum atomic E-state index is 12.1. The van der Waals surface area contributed by atoms with E-state index in [1.165, 1.54) is 11.3 Å². The second kappa shape index (κ2) is 25.6. The van der Waals surface area contributed by atoms with Crippen molar-refractivity contribution in [1.82, 2.24) is 4.98 Å². The number of nitrogen functional groups attached to an aromatic ring is 5. The molecule has 11 aromatic rings. The van der Waals surface area contributed by atoms with Gasteiger partial charge in [0.25, 0.3) is 17.7 Å². The summed E-state index contributed by atoms with van der Waals surface area (Å²) in [6, 6.07) is 63.4. The summed E-state index contributed by atoms with van der Waals surface area (Å²) < 4.78 is 6.60. The van der Waals surface area contributed by atoms with E-state index in [0.717, 1.165) is 49.0 Å². The number of nitrogens with zero attached hydrogens (tertiary/aromatic N) is 1. The number of pyridine rings is 1. The predicted octanol–water partition coefficient (Wildman–Crippen LogP) is 12.3. The van der Waals surface area contributed by atoms with Crippen LogP contribution >= 0.6 is 11.3 Å². The van der Waals surface area contributed by atoms with Crippen LogP contribution in [-0.4, -0.2) is 33.8 Å². The number of aromatic nitrogens is 1. The SMILES string of the molecule is Nc1ccc(N)cc1.Nc1ccc(NC(=O)c2cc3ccccc3o2)cc1.Nc1ccc(NC(=O)c2cc3ccccc3s2)cc1.Nc1ccc(NC(=O)c2ccncc2)cc1.O=C(O)c1ccc2ccccc2c1. The molecule has 0 saturated heterocycles. The van der Waals surface area contributed by atoms with Crippen LogP contribution in [0.4, 0.5) is 45.5 Å². The lowest BCUT2D eigenvalue weighted by Crippen LogP contribution is -2.11. The molecule has 3 amide bonds. The van der Waals surface area contributed by atoms with Gasteiger partial charge in [0.15, 0.2) is 5.76 Å². The molecular formula is C59H51N9O6S. The number of carboxylic acid groups (broad SMARTS) is 1. The highest BCUT2D eigenvalue weighted by molar-refractivity contribution is 7.20. The van der Waals surface area contributed by atoms with Crippen molar-refractivity contribution in [1.29, 1.82) is 0 Å². The van der Waals surface area contributed by atoms with E-state index in [9.17, 15) is 19.2 Å². The molecule has 374 valence electrons. The fraction of sp³-hybridized carbons (Fsp3) is 0. The van der Waals surface area contributed by atoms with Crippen LogP contribution < -0.4 is 44.6 Å². The third kappa shape index (κ3) is 15.8. The zero-order chi connectivity index (χ0) is 53.1. The number of aromatic carboxylic acids is 1. The van der Waals surface area contributed by atoms with Gasteiger partial charge in [0, 0.05) is 73.5 Å². The second-order valence-electron chi connectivity index (χ2n) is 16.3. The Morgan fingerprint density at radius 1 is 0.413 bits per heavy atom. The topological polar surface area (TPSA) is 281 Å². The Morgan fingerprint density at radius 2 is 0.853 bits per heavy atom. The molecule has 16 heteroatoms. The molecule has 15 nitrogen and oxygen atoms in total. The number of thiophene rings is 1. The Labute approximate surface area is 435 Å². The molecule has 0 unspecified atom stereocenters. The van der Waals surface area contributed by atoms with Crippen LogP contribution in [0.15, 0.2) is 229 Å². The summed E-state index contributed by atoms with van der Waals surface area (Å²) >= 11 is 1.49. The van der Waals surface area contributed by atoms with Gasteiger partial charge in [-0.2, -0.15) is 0 Å². The lowest BCUT2D eigenvalue weighted by molar-refractivity contribution is 0.0696. The van der Waals surface area contributed by atoms with E-state index in [1.807, 2.05) is 84.9 Å². The zero-order valence-corrected chi connectivity index (χ0v) is 40.9.